The first-order valence-electron chi connectivity index (χ1n) is 7.01. The number of anilines is 1. The van der Waals surface area contributed by atoms with E-state index in [9.17, 15) is 4.79 Å². The standard InChI is InChI=1S/C15H20Cl2N2O2/c1-9-7-19(8-10(2)21-9)11(3)15(20)18-14-5-12(16)4-13(17)6-14/h4-6,9-11H,7-8H2,1-3H3,(H,18,20)/t9-,10+,11?. The molecule has 1 N–H and O–H groups in total. The molecule has 21 heavy (non-hydrogen) atoms. The van der Waals surface area contributed by atoms with E-state index < -0.39 is 0 Å². The molecule has 4 nitrogen and oxygen atoms in total. The lowest BCUT2D eigenvalue weighted by atomic mass is 10.1. The number of nitrogens with zero attached hydrogens (tertiary/aromatic N) is 1. The Morgan fingerprint density at radius 1 is 1.24 bits per heavy atom. The Morgan fingerprint density at radius 2 is 1.76 bits per heavy atom. The molecule has 3 atom stereocenters. The molecule has 116 valence electrons. The molecule has 1 amide bonds. The van der Waals surface area contributed by atoms with Gasteiger partial charge in [0.05, 0.1) is 18.2 Å². The Balaban J connectivity index is 2.02. The second-order valence-electron chi connectivity index (χ2n) is 5.53. The van der Waals surface area contributed by atoms with E-state index >= 15 is 0 Å². The highest BCUT2D eigenvalue weighted by molar-refractivity contribution is 6.35. The largest absolute Gasteiger partial charge is 0.373 e. The molecule has 0 radical (unpaired) electrons. The number of benzene rings is 1. The van der Waals surface area contributed by atoms with E-state index in [1.807, 2.05) is 20.8 Å². The molecule has 0 saturated carbocycles. The smallest absolute Gasteiger partial charge is 0.241 e. The van der Waals surface area contributed by atoms with Crippen LogP contribution < -0.4 is 5.32 Å². The van der Waals surface area contributed by atoms with Crippen molar-refractivity contribution in [2.24, 2.45) is 0 Å². The Kier molecular flexibility index (Phi) is 5.49. The fourth-order valence-electron chi connectivity index (χ4n) is 2.57. The van der Waals surface area contributed by atoms with Gasteiger partial charge in [-0.15, -0.1) is 0 Å². The van der Waals surface area contributed by atoms with E-state index in [1.165, 1.54) is 0 Å². The number of hydrogen-bond acceptors (Lipinski definition) is 3. The molecule has 6 heteroatoms. The third-order valence-electron chi connectivity index (χ3n) is 3.51. The number of rotatable bonds is 3. The molecule has 1 aromatic rings. The summed E-state index contributed by atoms with van der Waals surface area (Å²) in [6.07, 6.45) is 0.259. The van der Waals surface area contributed by atoms with E-state index in [0.29, 0.717) is 15.7 Å². The van der Waals surface area contributed by atoms with Crippen molar-refractivity contribution in [2.45, 2.75) is 39.0 Å². The van der Waals surface area contributed by atoms with Crippen molar-refractivity contribution < 1.29 is 9.53 Å². The number of ether oxygens (including phenoxy) is 1. The minimum absolute atomic E-state index is 0.0744. The number of amides is 1. The first kappa shape index (κ1) is 16.6. The predicted molar refractivity (Wildman–Crippen MR) is 86.1 cm³/mol. The van der Waals surface area contributed by atoms with Crippen LogP contribution in [0.5, 0.6) is 0 Å². The highest BCUT2D eigenvalue weighted by Crippen LogP contribution is 2.23. The lowest BCUT2D eigenvalue weighted by molar-refractivity contribution is -0.126. The van der Waals surface area contributed by atoms with E-state index in [-0.39, 0.29) is 24.2 Å². The molecule has 1 saturated heterocycles. The zero-order valence-corrected chi connectivity index (χ0v) is 13.9. The van der Waals surface area contributed by atoms with Gasteiger partial charge in [-0.1, -0.05) is 23.2 Å². The lowest BCUT2D eigenvalue weighted by Gasteiger charge is -2.38. The van der Waals surface area contributed by atoms with Gasteiger partial charge in [0.2, 0.25) is 5.91 Å². The maximum Gasteiger partial charge on any atom is 0.241 e. The molecule has 1 aliphatic heterocycles. The van der Waals surface area contributed by atoms with Gasteiger partial charge in [-0.05, 0) is 39.0 Å². The van der Waals surface area contributed by atoms with Crippen LogP contribution in [-0.4, -0.2) is 42.1 Å². The molecule has 1 heterocycles. The average Bonchev–Trinajstić information content (AvgIpc) is 2.35. The van der Waals surface area contributed by atoms with Crippen molar-refractivity contribution in [1.82, 2.24) is 4.90 Å². The average molecular weight is 331 g/mol. The first-order chi connectivity index (χ1) is 9.85. The second kappa shape index (κ2) is 6.97. The van der Waals surface area contributed by atoms with E-state index in [2.05, 4.69) is 10.2 Å². The summed E-state index contributed by atoms with van der Waals surface area (Å²) in [7, 11) is 0. The number of halogens is 2. The molecule has 1 aromatic carbocycles. The van der Waals surface area contributed by atoms with E-state index in [1.54, 1.807) is 18.2 Å². The van der Waals surface area contributed by atoms with Crippen LogP contribution in [-0.2, 0) is 9.53 Å². The fraction of sp³-hybridized carbons (Fsp3) is 0.533. The maximum absolute atomic E-state index is 12.4. The molecule has 0 bridgehead atoms. The molecule has 0 aromatic heterocycles. The van der Waals surface area contributed by atoms with E-state index in [4.69, 9.17) is 27.9 Å². The minimum Gasteiger partial charge on any atom is -0.373 e. The van der Waals surface area contributed by atoms with Crippen molar-refractivity contribution in [3.8, 4) is 0 Å². The number of nitrogens with one attached hydrogen (secondary N) is 1. The minimum atomic E-state index is -0.239. The summed E-state index contributed by atoms with van der Waals surface area (Å²) in [5, 5.41) is 3.86. The number of hydrogen-bond donors (Lipinski definition) is 1. The number of carbonyl (C=O) groups excluding carboxylic acids is 1. The van der Waals surface area contributed by atoms with Gasteiger partial charge in [0.1, 0.15) is 0 Å². The zero-order chi connectivity index (χ0) is 15.6. The van der Waals surface area contributed by atoms with Crippen LogP contribution in [0.25, 0.3) is 0 Å². The first-order valence-corrected chi connectivity index (χ1v) is 7.77. The quantitative estimate of drug-likeness (QED) is 0.923. The van der Waals surface area contributed by atoms with Gasteiger partial charge < -0.3 is 10.1 Å². The van der Waals surface area contributed by atoms with Crippen molar-refractivity contribution in [3.05, 3.63) is 28.2 Å². The lowest BCUT2D eigenvalue weighted by Crippen LogP contribution is -2.52. The molecular formula is C15H20Cl2N2O2. The van der Waals surface area contributed by atoms with Crippen molar-refractivity contribution in [3.63, 3.8) is 0 Å². The number of morpholine rings is 1. The van der Waals surface area contributed by atoms with Crippen molar-refractivity contribution in [1.29, 1.82) is 0 Å². The topological polar surface area (TPSA) is 41.6 Å². The second-order valence-corrected chi connectivity index (χ2v) is 6.41. The molecule has 2 rings (SSSR count). The molecule has 1 fully saturated rings. The van der Waals surface area contributed by atoms with Crippen LogP contribution in [0.2, 0.25) is 10.0 Å². The normalized spacial score (nSPS) is 24.6. The third kappa shape index (κ3) is 4.58. The molecular weight excluding hydrogens is 311 g/mol. The summed E-state index contributed by atoms with van der Waals surface area (Å²) in [6.45, 7) is 7.42. The summed E-state index contributed by atoms with van der Waals surface area (Å²) in [6, 6.07) is 4.76. The van der Waals surface area contributed by atoms with Gasteiger partial charge in [0, 0.05) is 28.8 Å². The van der Waals surface area contributed by atoms with Crippen LogP contribution >= 0.6 is 23.2 Å². The number of carbonyl (C=O) groups is 1. The molecule has 0 aliphatic carbocycles. The van der Waals surface area contributed by atoms with Gasteiger partial charge in [-0.2, -0.15) is 0 Å². The Morgan fingerprint density at radius 3 is 2.29 bits per heavy atom. The van der Waals surface area contributed by atoms with Crippen LogP contribution in [0, 0.1) is 0 Å². The summed E-state index contributed by atoms with van der Waals surface area (Å²) in [5.74, 6) is -0.0744. The molecule has 0 spiro atoms. The van der Waals surface area contributed by atoms with Gasteiger partial charge >= 0.3 is 0 Å². The highest BCUT2D eigenvalue weighted by atomic mass is 35.5. The predicted octanol–water partition coefficient (Wildman–Crippen LogP) is 3.43. The van der Waals surface area contributed by atoms with Gasteiger partial charge in [0.25, 0.3) is 0 Å². The van der Waals surface area contributed by atoms with Gasteiger partial charge in [-0.25, -0.2) is 0 Å². The maximum atomic E-state index is 12.4. The van der Waals surface area contributed by atoms with Crippen LogP contribution in [0.3, 0.4) is 0 Å². The summed E-state index contributed by atoms with van der Waals surface area (Å²) in [5.41, 5.74) is 0.610. The third-order valence-corrected chi connectivity index (χ3v) is 3.94. The SMILES string of the molecule is CC(C(=O)Nc1cc(Cl)cc(Cl)c1)N1C[C@@H](C)O[C@@H](C)C1. The fourth-order valence-corrected chi connectivity index (χ4v) is 3.10. The summed E-state index contributed by atoms with van der Waals surface area (Å²) < 4.78 is 5.69. The summed E-state index contributed by atoms with van der Waals surface area (Å²) >= 11 is 11.9. The Bertz CT molecular complexity index is 494. The zero-order valence-electron chi connectivity index (χ0n) is 12.4. The molecule has 1 aliphatic rings. The van der Waals surface area contributed by atoms with Gasteiger partial charge in [0.15, 0.2) is 0 Å². The van der Waals surface area contributed by atoms with Crippen LogP contribution in [0.4, 0.5) is 5.69 Å². The Labute approximate surface area is 135 Å². The monoisotopic (exact) mass is 330 g/mol. The van der Waals surface area contributed by atoms with Crippen LogP contribution in [0.15, 0.2) is 18.2 Å². The molecule has 1 unspecified atom stereocenters. The van der Waals surface area contributed by atoms with Crippen LogP contribution in [0.1, 0.15) is 20.8 Å². The van der Waals surface area contributed by atoms with E-state index in [0.717, 1.165) is 13.1 Å². The highest BCUT2D eigenvalue weighted by Gasteiger charge is 2.29. The summed E-state index contributed by atoms with van der Waals surface area (Å²) in [4.78, 5) is 14.5. The van der Waals surface area contributed by atoms with Crippen molar-refractivity contribution in [2.75, 3.05) is 18.4 Å². The Hall–Kier alpha value is -0.810. The van der Waals surface area contributed by atoms with Crippen molar-refractivity contribution >= 4 is 34.8 Å². The van der Waals surface area contributed by atoms with Gasteiger partial charge in [-0.3, -0.25) is 9.69 Å².